The molecule has 4 aromatic rings. The zero-order valence-electron chi connectivity index (χ0n) is 17.2. The van der Waals surface area contributed by atoms with Crippen LogP contribution in [0.2, 0.25) is 5.02 Å². The normalized spacial score (nSPS) is 13.3. The quantitative estimate of drug-likeness (QED) is 0.511. The molecular weight excluding hydrogens is 412 g/mol. The van der Waals surface area contributed by atoms with E-state index < -0.39 is 0 Å². The van der Waals surface area contributed by atoms with Gasteiger partial charge in [-0.3, -0.25) is 4.79 Å². The molecular formula is C23H21ClN6O. The Hall–Kier alpha value is -3.29. The minimum absolute atomic E-state index is 0.303. The summed E-state index contributed by atoms with van der Waals surface area (Å²) in [6.07, 6.45) is 2.58. The highest BCUT2D eigenvalue weighted by molar-refractivity contribution is 6.32. The summed E-state index contributed by atoms with van der Waals surface area (Å²) in [6.45, 7) is 5.58. The Morgan fingerprint density at radius 3 is 2.87 bits per heavy atom. The van der Waals surface area contributed by atoms with Gasteiger partial charge in [0.25, 0.3) is 5.56 Å². The molecule has 0 unspecified atom stereocenters. The molecule has 2 N–H and O–H groups in total. The third kappa shape index (κ3) is 3.56. The molecule has 1 aliphatic rings. The van der Waals surface area contributed by atoms with E-state index in [4.69, 9.17) is 11.6 Å². The minimum Gasteiger partial charge on any atom is -0.324 e. The van der Waals surface area contributed by atoms with Gasteiger partial charge in [-0.1, -0.05) is 29.8 Å². The van der Waals surface area contributed by atoms with Gasteiger partial charge in [0, 0.05) is 18.4 Å². The molecule has 31 heavy (non-hydrogen) atoms. The van der Waals surface area contributed by atoms with Crippen LogP contribution in [0.25, 0.3) is 16.6 Å². The fraction of sp³-hybridized carbons (Fsp3) is 0.217. The Kier molecular flexibility index (Phi) is 4.92. The van der Waals surface area contributed by atoms with E-state index in [9.17, 15) is 4.79 Å². The third-order valence-corrected chi connectivity index (χ3v) is 5.86. The van der Waals surface area contributed by atoms with Crippen LogP contribution in [-0.2, 0) is 13.0 Å². The van der Waals surface area contributed by atoms with Crippen molar-refractivity contribution in [1.82, 2.24) is 25.1 Å². The molecule has 0 spiro atoms. The number of benzene rings is 2. The van der Waals surface area contributed by atoms with Gasteiger partial charge in [0.1, 0.15) is 5.52 Å². The van der Waals surface area contributed by atoms with E-state index in [1.54, 1.807) is 12.3 Å². The van der Waals surface area contributed by atoms with Crippen molar-refractivity contribution in [1.29, 1.82) is 0 Å². The molecule has 0 saturated heterocycles. The predicted molar refractivity (Wildman–Crippen MR) is 123 cm³/mol. The van der Waals surface area contributed by atoms with Gasteiger partial charge in [0.2, 0.25) is 5.95 Å². The second-order valence-electron chi connectivity index (χ2n) is 7.70. The molecule has 0 atom stereocenters. The molecule has 0 saturated carbocycles. The monoisotopic (exact) mass is 432 g/mol. The van der Waals surface area contributed by atoms with Crippen LogP contribution < -0.4 is 16.2 Å². The standard InChI is InChI=1S/C23H21ClN6O/c1-13-4-3-5-19(24)21(13)30-22(31)18-12-26-23(28-20(18)14(2)29-30)27-17-7-6-15-8-9-25-11-16(15)10-17/h3-7,10,12,25H,8-9,11H2,1-2H3,(H,26,27,28). The zero-order chi connectivity index (χ0) is 21.5. The van der Waals surface area contributed by atoms with Gasteiger partial charge in [0.15, 0.2) is 0 Å². The highest BCUT2D eigenvalue weighted by Gasteiger charge is 2.16. The van der Waals surface area contributed by atoms with E-state index in [0.717, 1.165) is 30.8 Å². The number of nitrogens with one attached hydrogen (secondary N) is 2. The maximum atomic E-state index is 13.2. The van der Waals surface area contributed by atoms with Gasteiger partial charge in [-0.05, 0) is 61.7 Å². The smallest absolute Gasteiger partial charge is 0.282 e. The second-order valence-corrected chi connectivity index (χ2v) is 8.11. The van der Waals surface area contributed by atoms with Crippen molar-refractivity contribution in [3.05, 3.63) is 80.4 Å². The number of hydrogen-bond acceptors (Lipinski definition) is 6. The first kappa shape index (κ1) is 19.7. The van der Waals surface area contributed by atoms with Gasteiger partial charge in [0.05, 0.1) is 21.8 Å². The maximum absolute atomic E-state index is 13.2. The van der Waals surface area contributed by atoms with Gasteiger partial charge in [-0.2, -0.15) is 9.78 Å². The van der Waals surface area contributed by atoms with Gasteiger partial charge in [-0.15, -0.1) is 0 Å². The highest BCUT2D eigenvalue weighted by atomic mass is 35.5. The van der Waals surface area contributed by atoms with Crippen LogP contribution in [0.15, 0.2) is 47.4 Å². The van der Waals surface area contributed by atoms with E-state index >= 15 is 0 Å². The maximum Gasteiger partial charge on any atom is 0.282 e. The number of halogens is 1. The van der Waals surface area contributed by atoms with Crippen molar-refractivity contribution >= 4 is 34.1 Å². The lowest BCUT2D eigenvalue weighted by Gasteiger charge is -2.18. The fourth-order valence-electron chi connectivity index (χ4n) is 3.96. The molecule has 0 bridgehead atoms. The average molecular weight is 433 g/mol. The average Bonchev–Trinajstić information content (AvgIpc) is 2.77. The van der Waals surface area contributed by atoms with E-state index in [2.05, 4.69) is 37.8 Å². The van der Waals surface area contributed by atoms with Gasteiger partial charge in [-0.25, -0.2) is 9.97 Å². The molecule has 0 amide bonds. The van der Waals surface area contributed by atoms with Gasteiger partial charge >= 0.3 is 0 Å². The first-order valence-electron chi connectivity index (χ1n) is 10.1. The first-order valence-corrected chi connectivity index (χ1v) is 10.5. The summed E-state index contributed by atoms with van der Waals surface area (Å²) in [7, 11) is 0. The van der Waals surface area contributed by atoms with E-state index in [1.165, 1.54) is 15.8 Å². The SMILES string of the molecule is Cc1cccc(Cl)c1-n1nc(C)c2nc(Nc3ccc4c(c3)CNCC4)ncc2c1=O. The number of fused-ring (bicyclic) bond motifs is 2. The predicted octanol–water partition coefficient (Wildman–Crippen LogP) is 3.84. The Balaban J connectivity index is 1.55. The molecule has 0 aliphatic carbocycles. The van der Waals surface area contributed by atoms with Crippen molar-refractivity contribution in [2.75, 3.05) is 11.9 Å². The van der Waals surface area contributed by atoms with Crippen molar-refractivity contribution in [2.24, 2.45) is 0 Å². The summed E-state index contributed by atoms with van der Waals surface area (Å²) in [5, 5.41) is 12.0. The van der Waals surface area contributed by atoms with Crippen LogP contribution in [-0.4, -0.2) is 26.3 Å². The molecule has 5 rings (SSSR count). The molecule has 0 fully saturated rings. The summed E-state index contributed by atoms with van der Waals surface area (Å²) in [5.41, 5.74) is 5.81. The Morgan fingerprint density at radius 1 is 1.16 bits per heavy atom. The Morgan fingerprint density at radius 2 is 2.03 bits per heavy atom. The summed E-state index contributed by atoms with van der Waals surface area (Å²) in [4.78, 5) is 22.1. The van der Waals surface area contributed by atoms with E-state index in [1.807, 2.05) is 32.0 Å². The number of aromatic nitrogens is 4. The number of rotatable bonds is 3. The summed E-state index contributed by atoms with van der Waals surface area (Å²) >= 11 is 6.36. The summed E-state index contributed by atoms with van der Waals surface area (Å²) in [5.74, 6) is 0.423. The highest BCUT2D eigenvalue weighted by Crippen LogP contribution is 2.24. The van der Waals surface area contributed by atoms with Crippen molar-refractivity contribution in [2.45, 2.75) is 26.8 Å². The fourth-order valence-corrected chi connectivity index (χ4v) is 4.26. The number of para-hydroxylation sites is 1. The molecule has 156 valence electrons. The van der Waals surface area contributed by atoms with Crippen molar-refractivity contribution in [3.8, 4) is 5.69 Å². The summed E-state index contributed by atoms with van der Waals surface area (Å²) < 4.78 is 1.34. The van der Waals surface area contributed by atoms with E-state index in [0.29, 0.717) is 33.3 Å². The lowest BCUT2D eigenvalue weighted by atomic mass is 10.0. The second kappa shape index (κ2) is 7.76. The van der Waals surface area contributed by atoms with Crippen LogP contribution in [0, 0.1) is 13.8 Å². The molecule has 7 nitrogen and oxygen atoms in total. The lowest BCUT2D eigenvalue weighted by molar-refractivity contribution is 0.644. The van der Waals surface area contributed by atoms with Crippen LogP contribution >= 0.6 is 11.6 Å². The zero-order valence-corrected chi connectivity index (χ0v) is 18.0. The van der Waals surface area contributed by atoms with Crippen LogP contribution in [0.1, 0.15) is 22.4 Å². The van der Waals surface area contributed by atoms with E-state index in [-0.39, 0.29) is 5.56 Å². The number of aryl methyl sites for hydroxylation is 2. The van der Waals surface area contributed by atoms with Crippen molar-refractivity contribution < 1.29 is 0 Å². The molecule has 1 aliphatic heterocycles. The molecule has 2 aromatic heterocycles. The number of nitrogens with zero attached hydrogens (tertiary/aromatic N) is 4. The topological polar surface area (TPSA) is 84.7 Å². The largest absolute Gasteiger partial charge is 0.324 e. The molecule has 0 radical (unpaired) electrons. The van der Waals surface area contributed by atoms with Crippen LogP contribution in [0.5, 0.6) is 0 Å². The minimum atomic E-state index is -0.303. The molecule has 2 aromatic carbocycles. The Labute approximate surface area is 184 Å². The van der Waals surface area contributed by atoms with Crippen LogP contribution in [0.3, 0.4) is 0 Å². The number of hydrogen-bond donors (Lipinski definition) is 2. The summed E-state index contributed by atoms with van der Waals surface area (Å²) in [6, 6.07) is 11.8. The van der Waals surface area contributed by atoms with Crippen molar-refractivity contribution in [3.63, 3.8) is 0 Å². The molecule has 3 heterocycles. The van der Waals surface area contributed by atoms with Crippen LogP contribution in [0.4, 0.5) is 11.6 Å². The first-order chi connectivity index (χ1) is 15.0. The van der Waals surface area contributed by atoms with Gasteiger partial charge < -0.3 is 10.6 Å². The number of anilines is 2. The lowest BCUT2D eigenvalue weighted by Crippen LogP contribution is -2.24. The third-order valence-electron chi connectivity index (χ3n) is 5.55. The Bertz CT molecular complexity index is 1360. The molecule has 8 heteroatoms.